The fourth-order valence-corrected chi connectivity index (χ4v) is 2.01. The first kappa shape index (κ1) is 13.1. The van der Waals surface area contributed by atoms with Crippen molar-refractivity contribution in [2.24, 2.45) is 0 Å². The zero-order valence-electron chi connectivity index (χ0n) is 11.7. The van der Waals surface area contributed by atoms with Crippen molar-refractivity contribution in [2.45, 2.75) is 13.8 Å². The predicted molar refractivity (Wildman–Crippen MR) is 78.4 cm³/mol. The molecular weight excluding hydrogens is 268 g/mol. The lowest BCUT2D eigenvalue weighted by Gasteiger charge is -2.02. The van der Waals surface area contributed by atoms with E-state index in [0.29, 0.717) is 11.8 Å². The van der Waals surface area contributed by atoms with Crippen LogP contribution in [0.25, 0.3) is 17.0 Å². The number of rotatable bonds is 3. The van der Waals surface area contributed by atoms with Crippen LogP contribution in [0.3, 0.4) is 0 Å². The maximum atomic E-state index is 11.6. The topological polar surface area (TPSA) is 72.8 Å². The van der Waals surface area contributed by atoms with Gasteiger partial charge >= 0.3 is 5.97 Å². The van der Waals surface area contributed by atoms with Gasteiger partial charge in [0, 0.05) is 12.1 Å². The standard InChI is InChI=1S/C15H14N4O2/c1-3-6-14(20)21-13-9-10(2)18-19(13)15-16-11-7-4-5-8-12(11)17-15/h3-9H,1-2H3,(H,16,17)/b6-3+. The number of imidazole rings is 1. The Labute approximate surface area is 121 Å². The number of allylic oxidation sites excluding steroid dienone is 1. The number of carbonyl (C=O) groups is 1. The van der Waals surface area contributed by atoms with Crippen molar-refractivity contribution in [1.29, 1.82) is 0 Å². The van der Waals surface area contributed by atoms with E-state index in [2.05, 4.69) is 15.1 Å². The smallest absolute Gasteiger partial charge is 0.337 e. The van der Waals surface area contributed by atoms with Crippen LogP contribution in [0.15, 0.2) is 42.5 Å². The number of benzene rings is 1. The quantitative estimate of drug-likeness (QED) is 0.592. The van der Waals surface area contributed by atoms with Crippen molar-refractivity contribution >= 4 is 17.0 Å². The molecule has 0 atom stereocenters. The number of hydrogen-bond donors (Lipinski definition) is 1. The van der Waals surface area contributed by atoms with Crippen LogP contribution in [-0.4, -0.2) is 25.7 Å². The van der Waals surface area contributed by atoms with Crippen LogP contribution in [0.4, 0.5) is 0 Å². The number of nitrogens with one attached hydrogen (secondary N) is 1. The maximum Gasteiger partial charge on any atom is 0.337 e. The van der Waals surface area contributed by atoms with Crippen LogP contribution in [0.2, 0.25) is 0 Å². The fraction of sp³-hybridized carbons (Fsp3) is 0.133. The van der Waals surface area contributed by atoms with Gasteiger partial charge in [-0.3, -0.25) is 0 Å². The van der Waals surface area contributed by atoms with E-state index in [1.807, 2.05) is 31.2 Å². The monoisotopic (exact) mass is 282 g/mol. The van der Waals surface area contributed by atoms with Gasteiger partial charge in [0.25, 0.3) is 0 Å². The van der Waals surface area contributed by atoms with Crippen LogP contribution in [0, 0.1) is 6.92 Å². The second-order valence-electron chi connectivity index (χ2n) is 4.53. The van der Waals surface area contributed by atoms with Crippen LogP contribution >= 0.6 is 0 Å². The summed E-state index contributed by atoms with van der Waals surface area (Å²) in [6.07, 6.45) is 2.97. The number of ether oxygens (including phenoxy) is 1. The van der Waals surface area contributed by atoms with E-state index in [9.17, 15) is 4.79 Å². The Kier molecular flexibility index (Phi) is 3.27. The summed E-state index contributed by atoms with van der Waals surface area (Å²) in [5, 5.41) is 4.31. The Morgan fingerprint density at radius 3 is 2.95 bits per heavy atom. The van der Waals surface area contributed by atoms with Gasteiger partial charge in [-0.2, -0.15) is 9.78 Å². The largest absolute Gasteiger partial charge is 0.404 e. The molecule has 6 nitrogen and oxygen atoms in total. The molecule has 1 N–H and O–H groups in total. The summed E-state index contributed by atoms with van der Waals surface area (Å²) in [6.45, 7) is 3.58. The molecule has 6 heteroatoms. The first-order chi connectivity index (χ1) is 10.2. The highest BCUT2D eigenvalue weighted by Gasteiger charge is 2.14. The van der Waals surface area contributed by atoms with E-state index < -0.39 is 5.97 Å². The van der Waals surface area contributed by atoms with Gasteiger partial charge in [0.1, 0.15) is 0 Å². The number of nitrogens with zero attached hydrogens (tertiary/aromatic N) is 3. The van der Waals surface area contributed by atoms with Crippen molar-refractivity contribution in [3.8, 4) is 11.8 Å². The van der Waals surface area contributed by atoms with Crippen LogP contribution in [0.1, 0.15) is 12.6 Å². The van der Waals surface area contributed by atoms with Crippen molar-refractivity contribution < 1.29 is 9.53 Å². The number of esters is 1. The summed E-state index contributed by atoms with van der Waals surface area (Å²) in [5.41, 5.74) is 2.46. The van der Waals surface area contributed by atoms with Gasteiger partial charge in [-0.05, 0) is 26.0 Å². The second kappa shape index (κ2) is 5.24. The first-order valence-corrected chi connectivity index (χ1v) is 6.53. The third-order valence-electron chi connectivity index (χ3n) is 2.88. The SMILES string of the molecule is C/C=C/C(=O)Oc1cc(C)nn1-c1nc2ccccc2[nH]1. The molecule has 21 heavy (non-hydrogen) atoms. The molecule has 106 valence electrons. The molecule has 2 heterocycles. The molecule has 3 rings (SSSR count). The average molecular weight is 282 g/mol. The molecule has 0 aliphatic heterocycles. The normalized spacial score (nSPS) is 11.3. The molecule has 3 aromatic rings. The van der Waals surface area contributed by atoms with Crippen molar-refractivity contribution in [3.63, 3.8) is 0 Å². The van der Waals surface area contributed by atoms with E-state index in [1.54, 1.807) is 19.1 Å². The molecule has 0 aliphatic carbocycles. The van der Waals surface area contributed by atoms with E-state index in [4.69, 9.17) is 4.74 Å². The Morgan fingerprint density at radius 2 is 2.19 bits per heavy atom. The number of hydrogen-bond acceptors (Lipinski definition) is 4. The highest BCUT2D eigenvalue weighted by atomic mass is 16.5. The van der Waals surface area contributed by atoms with Gasteiger partial charge < -0.3 is 9.72 Å². The van der Waals surface area contributed by atoms with Crippen LogP contribution < -0.4 is 4.74 Å². The van der Waals surface area contributed by atoms with Gasteiger partial charge in [0.2, 0.25) is 11.8 Å². The first-order valence-electron chi connectivity index (χ1n) is 6.53. The maximum absolute atomic E-state index is 11.6. The summed E-state index contributed by atoms with van der Waals surface area (Å²) >= 11 is 0. The summed E-state index contributed by atoms with van der Waals surface area (Å²) in [4.78, 5) is 19.2. The number of para-hydroxylation sites is 2. The number of carbonyl (C=O) groups excluding carboxylic acids is 1. The minimum absolute atomic E-state index is 0.328. The molecule has 2 aromatic heterocycles. The van der Waals surface area contributed by atoms with E-state index in [0.717, 1.165) is 16.7 Å². The predicted octanol–water partition coefficient (Wildman–Crippen LogP) is 2.54. The fourth-order valence-electron chi connectivity index (χ4n) is 2.01. The number of fused-ring (bicyclic) bond motifs is 1. The lowest BCUT2D eigenvalue weighted by molar-refractivity contribution is -0.129. The molecule has 0 aliphatic rings. The zero-order chi connectivity index (χ0) is 14.8. The van der Waals surface area contributed by atoms with Crippen LogP contribution in [-0.2, 0) is 4.79 Å². The summed E-state index contributed by atoms with van der Waals surface area (Å²) < 4.78 is 6.75. The van der Waals surface area contributed by atoms with Gasteiger partial charge in [-0.25, -0.2) is 9.78 Å². The van der Waals surface area contributed by atoms with Crippen LogP contribution in [0.5, 0.6) is 5.88 Å². The van der Waals surface area contributed by atoms with Crippen molar-refractivity contribution in [1.82, 2.24) is 19.7 Å². The summed E-state index contributed by atoms with van der Waals surface area (Å²) in [7, 11) is 0. The number of aryl methyl sites for hydroxylation is 1. The molecule has 1 aromatic carbocycles. The highest BCUT2D eigenvalue weighted by molar-refractivity contribution is 5.83. The Bertz CT molecular complexity index is 796. The lowest BCUT2D eigenvalue weighted by atomic mass is 10.3. The van der Waals surface area contributed by atoms with Gasteiger partial charge in [0.05, 0.1) is 16.7 Å². The third kappa shape index (κ3) is 2.55. The minimum atomic E-state index is -0.449. The Morgan fingerprint density at radius 1 is 1.38 bits per heavy atom. The van der Waals surface area contributed by atoms with E-state index >= 15 is 0 Å². The molecule has 0 amide bonds. The lowest BCUT2D eigenvalue weighted by Crippen LogP contribution is -2.09. The zero-order valence-corrected chi connectivity index (χ0v) is 11.7. The molecule has 0 radical (unpaired) electrons. The number of aromatic amines is 1. The third-order valence-corrected chi connectivity index (χ3v) is 2.88. The number of H-pyrrole nitrogens is 1. The molecular formula is C15H14N4O2. The molecule has 0 spiro atoms. The Balaban J connectivity index is 2.03. The second-order valence-corrected chi connectivity index (χ2v) is 4.53. The molecule has 0 saturated carbocycles. The Hall–Kier alpha value is -2.89. The summed E-state index contributed by atoms with van der Waals surface area (Å²) in [6, 6.07) is 9.35. The van der Waals surface area contributed by atoms with Gasteiger partial charge in [-0.15, -0.1) is 0 Å². The summed E-state index contributed by atoms with van der Waals surface area (Å²) in [5.74, 6) is 0.386. The molecule has 0 unspecified atom stereocenters. The highest BCUT2D eigenvalue weighted by Crippen LogP contribution is 2.20. The number of aromatic nitrogens is 4. The van der Waals surface area contributed by atoms with Gasteiger partial charge in [0.15, 0.2) is 0 Å². The molecule has 0 saturated heterocycles. The minimum Gasteiger partial charge on any atom is -0.404 e. The molecule has 0 fully saturated rings. The van der Waals surface area contributed by atoms with E-state index in [1.165, 1.54) is 10.8 Å². The van der Waals surface area contributed by atoms with E-state index in [-0.39, 0.29) is 0 Å². The molecule has 0 bridgehead atoms. The van der Waals surface area contributed by atoms with Gasteiger partial charge in [-0.1, -0.05) is 18.2 Å². The van der Waals surface area contributed by atoms with Crippen molar-refractivity contribution in [3.05, 3.63) is 48.2 Å². The van der Waals surface area contributed by atoms with Crippen molar-refractivity contribution in [2.75, 3.05) is 0 Å². The average Bonchev–Trinajstić information content (AvgIpc) is 3.02.